The van der Waals surface area contributed by atoms with Crippen molar-refractivity contribution < 1.29 is 4.39 Å². The number of alkyl halides is 1. The van der Waals surface area contributed by atoms with Crippen molar-refractivity contribution in [2.45, 2.75) is 11.9 Å². The molecular formula is C15H14Cl2FN. The van der Waals surface area contributed by atoms with Crippen LogP contribution in [0.4, 0.5) is 4.39 Å². The minimum atomic E-state index is -0.300. The predicted octanol–water partition coefficient (Wildman–Crippen LogP) is 4.55. The molecule has 100 valence electrons. The van der Waals surface area contributed by atoms with Gasteiger partial charge in [0.1, 0.15) is 5.82 Å². The van der Waals surface area contributed by atoms with E-state index in [-0.39, 0.29) is 11.2 Å². The summed E-state index contributed by atoms with van der Waals surface area (Å²) in [5.74, 6) is -0.300. The van der Waals surface area contributed by atoms with Crippen LogP contribution in [0.2, 0.25) is 5.02 Å². The molecule has 0 radical (unpaired) electrons. The van der Waals surface area contributed by atoms with Gasteiger partial charge in [-0.25, -0.2) is 4.39 Å². The van der Waals surface area contributed by atoms with Crippen LogP contribution in [0.15, 0.2) is 48.5 Å². The largest absolute Gasteiger partial charge is 0.311 e. The number of halogens is 3. The van der Waals surface area contributed by atoms with Gasteiger partial charge >= 0.3 is 0 Å². The molecule has 1 N–H and O–H groups in total. The molecule has 1 unspecified atom stereocenters. The molecular weight excluding hydrogens is 284 g/mol. The fourth-order valence-electron chi connectivity index (χ4n) is 1.78. The number of hydrogen-bond acceptors (Lipinski definition) is 1. The standard InChI is InChI=1S/C15H14Cl2FN/c16-13-7-6-12(15(18)8-13)9-19-10-14(17)11-4-2-1-3-5-11/h1-8,14,19H,9-10H2. The van der Waals surface area contributed by atoms with Crippen LogP contribution in [0.3, 0.4) is 0 Å². The lowest BCUT2D eigenvalue weighted by Gasteiger charge is -2.11. The maximum atomic E-state index is 13.5. The molecule has 2 aromatic rings. The van der Waals surface area contributed by atoms with Crippen LogP contribution in [0.5, 0.6) is 0 Å². The minimum Gasteiger partial charge on any atom is -0.311 e. The normalized spacial score (nSPS) is 12.4. The van der Waals surface area contributed by atoms with Gasteiger partial charge in [-0.2, -0.15) is 0 Å². The van der Waals surface area contributed by atoms with Crippen molar-refractivity contribution in [3.05, 3.63) is 70.5 Å². The van der Waals surface area contributed by atoms with Crippen molar-refractivity contribution in [3.8, 4) is 0 Å². The van der Waals surface area contributed by atoms with Crippen molar-refractivity contribution in [2.75, 3.05) is 6.54 Å². The van der Waals surface area contributed by atoms with E-state index in [2.05, 4.69) is 5.32 Å². The summed E-state index contributed by atoms with van der Waals surface area (Å²) in [6.07, 6.45) is 0. The second-order valence-electron chi connectivity index (χ2n) is 4.24. The molecule has 0 amide bonds. The zero-order chi connectivity index (χ0) is 13.7. The fourth-order valence-corrected chi connectivity index (χ4v) is 2.19. The van der Waals surface area contributed by atoms with Gasteiger partial charge in [0.05, 0.1) is 5.38 Å². The smallest absolute Gasteiger partial charge is 0.129 e. The minimum absolute atomic E-state index is 0.128. The van der Waals surface area contributed by atoms with Gasteiger partial charge < -0.3 is 5.32 Å². The SMILES string of the molecule is Fc1cc(Cl)ccc1CNCC(Cl)c1ccccc1. The van der Waals surface area contributed by atoms with Gasteiger partial charge in [0.2, 0.25) is 0 Å². The maximum absolute atomic E-state index is 13.5. The van der Waals surface area contributed by atoms with Gasteiger partial charge in [0.25, 0.3) is 0 Å². The Bertz CT molecular complexity index is 531. The first-order chi connectivity index (χ1) is 9.16. The van der Waals surface area contributed by atoms with Gasteiger partial charge in [-0.1, -0.05) is 48.0 Å². The van der Waals surface area contributed by atoms with E-state index in [0.29, 0.717) is 23.7 Å². The average Bonchev–Trinajstić information content (AvgIpc) is 2.42. The highest BCUT2D eigenvalue weighted by Gasteiger charge is 2.08. The topological polar surface area (TPSA) is 12.0 Å². The third-order valence-electron chi connectivity index (χ3n) is 2.82. The molecule has 2 rings (SSSR count). The van der Waals surface area contributed by atoms with E-state index in [1.54, 1.807) is 12.1 Å². The van der Waals surface area contributed by atoms with E-state index in [1.165, 1.54) is 6.07 Å². The summed E-state index contributed by atoms with van der Waals surface area (Å²) in [6.45, 7) is 1.01. The fraction of sp³-hybridized carbons (Fsp3) is 0.200. The van der Waals surface area contributed by atoms with Crippen molar-refractivity contribution in [2.24, 2.45) is 0 Å². The lowest BCUT2D eigenvalue weighted by atomic mass is 10.1. The molecule has 0 aliphatic carbocycles. The Labute approximate surface area is 122 Å². The molecule has 0 aliphatic rings. The summed E-state index contributed by atoms with van der Waals surface area (Å²) in [7, 11) is 0. The van der Waals surface area contributed by atoms with E-state index in [0.717, 1.165) is 5.56 Å². The third kappa shape index (κ3) is 4.20. The van der Waals surface area contributed by atoms with Crippen molar-refractivity contribution in [1.82, 2.24) is 5.32 Å². The molecule has 0 saturated carbocycles. The van der Waals surface area contributed by atoms with Crippen molar-refractivity contribution in [1.29, 1.82) is 0 Å². The lowest BCUT2D eigenvalue weighted by Crippen LogP contribution is -2.19. The Morgan fingerprint density at radius 2 is 1.84 bits per heavy atom. The van der Waals surface area contributed by atoms with Crippen LogP contribution in [-0.2, 0) is 6.54 Å². The molecule has 0 aromatic heterocycles. The molecule has 0 heterocycles. The number of nitrogens with one attached hydrogen (secondary N) is 1. The molecule has 0 saturated heterocycles. The highest BCUT2D eigenvalue weighted by molar-refractivity contribution is 6.30. The van der Waals surface area contributed by atoms with E-state index in [4.69, 9.17) is 23.2 Å². The monoisotopic (exact) mass is 297 g/mol. The Hall–Kier alpha value is -1.09. The second-order valence-corrected chi connectivity index (χ2v) is 5.21. The third-order valence-corrected chi connectivity index (χ3v) is 3.46. The molecule has 19 heavy (non-hydrogen) atoms. The van der Waals surface area contributed by atoms with E-state index < -0.39 is 0 Å². The molecule has 1 nitrogen and oxygen atoms in total. The Morgan fingerprint density at radius 3 is 2.53 bits per heavy atom. The summed E-state index contributed by atoms with van der Waals surface area (Å²) in [4.78, 5) is 0. The maximum Gasteiger partial charge on any atom is 0.129 e. The molecule has 0 bridgehead atoms. The zero-order valence-corrected chi connectivity index (χ0v) is 11.8. The van der Waals surface area contributed by atoms with Crippen molar-refractivity contribution in [3.63, 3.8) is 0 Å². The number of hydrogen-bond donors (Lipinski definition) is 1. The molecule has 4 heteroatoms. The van der Waals surface area contributed by atoms with Gasteiger partial charge in [0, 0.05) is 23.7 Å². The highest BCUT2D eigenvalue weighted by atomic mass is 35.5. The first-order valence-electron chi connectivity index (χ1n) is 6.00. The predicted molar refractivity (Wildman–Crippen MR) is 78.2 cm³/mol. The second kappa shape index (κ2) is 6.90. The number of rotatable bonds is 5. The van der Waals surface area contributed by atoms with E-state index >= 15 is 0 Å². The highest BCUT2D eigenvalue weighted by Crippen LogP contribution is 2.19. The Kier molecular flexibility index (Phi) is 5.20. The van der Waals surface area contributed by atoms with Crippen LogP contribution in [0.1, 0.15) is 16.5 Å². The van der Waals surface area contributed by atoms with Crippen molar-refractivity contribution >= 4 is 23.2 Å². The van der Waals surface area contributed by atoms with Crippen LogP contribution < -0.4 is 5.32 Å². The zero-order valence-electron chi connectivity index (χ0n) is 10.2. The first kappa shape index (κ1) is 14.3. The number of benzene rings is 2. The van der Waals surface area contributed by atoms with Crippen LogP contribution in [0, 0.1) is 5.82 Å². The molecule has 0 spiro atoms. The molecule has 0 fully saturated rings. The Balaban J connectivity index is 1.86. The van der Waals surface area contributed by atoms with Crippen LogP contribution in [-0.4, -0.2) is 6.54 Å². The van der Waals surface area contributed by atoms with Gasteiger partial charge in [0.15, 0.2) is 0 Å². The average molecular weight is 298 g/mol. The lowest BCUT2D eigenvalue weighted by molar-refractivity contribution is 0.586. The molecule has 0 aliphatic heterocycles. The van der Waals surface area contributed by atoms with E-state index in [9.17, 15) is 4.39 Å². The summed E-state index contributed by atoms with van der Waals surface area (Å²) in [6, 6.07) is 14.5. The summed E-state index contributed by atoms with van der Waals surface area (Å²) in [5.41, 5.74) is 1.63. The quantitative estimate of drug-likeness (QED) is 0.799. The first-order valence-corrected chi connectivity index (χ1v) is 6.82. The van der Waals surface area contributed by atoms with Crippen LogP contribution in [0.25, 0.3) is 0 Å². The molecule has 2 aromatic carbocycles. The Morgan fingerprint density at radius 1 is 1.11 bits per heavy atom. The summed E-state index contributed by atoms with van der Waals surface area (Å²) < 4.78 is 13.5. The summed E-state index contributed by atoms with van der Waals surface area (Å²) in [5, 5.41) is 3.42. The van der Waals surface area contributed by atoms with Gasteiger partial charge in [-0.3, -0.25) is 0 Å². The summed E-state index contributed by atoms with van der Waals surface area (Å²) >= 11 is 12.0. The van der Waals surface area contributed by atoms with Gasteiger partial charge in [-0.15, -0.1) is 11.6 Å². The van der Waals surface area contributed by atoms with E-state index in [1.807, 2.05) is 30.3 Å². The molecule has 1 atom stereocenters. The van der Waals surface area contributed by atoms with Crippen LogP contribution >= 0.6 is 23.2 Å². The van der Waals surface area contributed by atoms with Gasteiger partial charge in [-0.05, 0) is 17.7 Å².